The van der Waals surface area contributed by atoms with E-state index in [1.807, 2.05) is 0 Å². The molecule has 36 heavy (non-hydrogen) atoms. The van der Waals surface area contributed by atoms with Gasteiger partial charge < -0.3 is 19.3 Å². The molecule has 186 valence electrons. The lowest BCUT2D eigenvalue weighted by molar-refractivity contribution is -0.132. The molecule has 4 rings (SSSR count). The number of hydrogen-bond donors (Lipinski definition) is 1. The van der Waals surface area contributed by atoms with Gasteiger partial charge in [0.2, 0.25) is 0 Å². The molecule has 0 saturated carbocycles. The van der Waals surface area contributed by atoms with Crippen molar-refractivity contribution >= 4 is 23.1 Å². The number of aliphatic hydroxyl groups excluding tert-OH is 1. The van der Waals surface area contributed by atoms with Crippen LogP contribution in [0, 0.1) is 11.6 Å². The zero-order valence-corrected chi connectivity index (χ0v) is 19.7. The van der Waals surface area contributed by atoms with Crippen LogP contribution in [0.3, 0.4) is 0 Å². The van der Waals surface area contributed by atoms with Gasteiger partial charge in [-0.3, -0.25) is 14.5 Å². The van der Waals surface area contributed by atoms with Gasteiger partial charge in [-0.1, -0.05) is 12.1 Å². The van der Waals surface area contributed by atoms with Crippen molar-refractivity contribution in [1.29, 1.82) is 0 Å². The Labute approximate surface area is 206 Å². The maximum absolute atomic E-state index is 14.1. The van der Waals surface area contributed by atoms with Crippen LogP contribution in [0.1, 0.15) is 24.1 Å². The van der Waals surface area contributed by atoms with Gasteiger partial charge in [0.05, 0.1) is 38.0 Å². The SMILES string of the molecule is CCOc1cccc(C2/C(=C(\O)c3cc(OC)ccc3OC)C(=O)C(=O)N2c2ccc(F)c(F)c2)c1. The molecule has 0 aromatic heterocycles. The van der Waals surface area contributed by atoms with Crippen LogP contribution in [0.2, 0.25) is 0 Å². The minimum Gasteiger partial charge on any atom is -0.507 e. The monoisotopic (exact) mass is 495 g/mol. The number of methoxy groups -OCH3 is 2. The van der Waals surface area contributed by atoms with Crippen LogP contribution >= 0.6 is 0 Å². The van der Waals surface area contributed by atoms with E-state index in [1.54, 1.807) is 43.3 Å². The number of nitrogens with zero attached hydrogens (tertiary/aromatic N) is 1. The summed E-state index contributed by atoms with van der Waals surface area (Å²) in [5, 5.41) is 11.4. The molecule has 0 spiro atoms. The molecule has 1 saturated heterocycles. The molecular formula is C27H23F2NO6. The Balaban J connectivity index is 1.99. The number of Topliss-reactive ketones (excluding diaryl/α,β-unsaturated/α-hetero) is 1. The number of anilines is 1. The van der Waals surface area contributed by atoms with Crippen molar-refractivity contribution in [1.82, 2.24) is 0 Å². The molecule has 1 unspecified atom stereocenters. The van der Waals surface area contributed by atoms with Crippen LogP contribution in [-0.2, 0) is 9.59 Å². The lowest BCUT2D eigenvalue weighted by Crippen LogP contribution is -2.29. The fraction of sp³-hybridized carbons (Fsp3) is 0.185. The molecule has 3 aromatic carbocycles. The highest BCUT2D eigenvalue weighted by Crippen LogP contribution is 2.44. The summed E-state index contributed by atoms with van der Waals surface area (Å²) in [6.45, 7) is 2.17. The second-order valence-corrected chi connectivity index (χ2v) is 7.84. The van der Waals surface area contributed by atoms with Crippen molar-refractivity contribution in [2.45, 2.75) is 13.0 Å². The summed E-state index contributed by atoms with van der Waals surface area (Å²) in [5.74, 6) is -3.76. The van der Waals surface area contributed by atoms with E-state index in [0.717, 1.165) is 17.0 Å². The first-order valence-corrected chi connectivity index (χ1v) is 11.0. The third-order valence-electron chi connectivity index (χ3n) is 5.77. The fourth-order valence-corrected chi connectivity index (χ4v) is 4.13. The average Bonchev–Trinajstić information content (AvgIpc) is 3.15. The van der Waals surface area contributed by atoms with Crippen LogP contribution < -0.4 is 19.1 Å². The van der Waals surface area contributed by atoms with Gasteiger partial charge in [-0.15, -0.1) is 0 Å². The molecule has 1 aliphatic rings. The number of hydrogen-bond acceptors (Lipinski definition) is 6. The zero-order chi connectivity index (χ0) is 26.0. The van der Waals surface area contributed by atoms with Gasteiger partial charge >= 0.3 is 0 Å². The lowest BCUT2D eigenvalue weighted by atomic mass is 9.94. The molecule has 9 heteroatoms. The van der Waals surface area contributed by atoms with E-state index in [2.05, 4.69) is 0 Å². The summed E-state index contributed by atoms with van der Waals surface area (Å²) in [6, 6.07) is 12.9. The number of aliphatic hydroxyl groups is 1. The Kier molecular flexibility index (Phi) is 6.91. The highest BCUT2D eigenvalue weighted by atomic mass is 19.2. The Bertz CT molecular complexity index is 1370. The average molecular weight is 495 g/mol. The first kappa shape index (κ1) is 24.7. The van der Waals surface area contributed by atoms with Gasteiger partial charge in [0, 0.05) is 11.8 Å². The number of ketones is 1. The lowest BCUT2D eigenvalue weighted by Gasteiger charge is -2.26. The van der Waals surface area contributed by atoms with Crippen molar-refractivity contribution in [2.75, 3.05) is 25.7 Å². The molecule has 1 heterocycles. The van der Waals surface area contributed by atoms with E-state index >= 15 is 0 Å². The number of rotatable bonds is 7. The van der Waals surface area contributed by atoms with E-state index in [9.17, 15) is 23.5 Å². The van der Waals surface area contributed by atoms with Crippen LogP contribution in [-0.4, -0.2) is 37.6 Å². The van der Waals surface area contributed by atoms with Gasteiger partial charge in [-0.05, 0) is 55.0 Å². The first-order valence-electron chi connectivity index (χ1n) is 11.0. The van der Waals surface area contributed by atoms with Crippen LogP contribution in [0.4, 0.5) is 14.5 Å². The highest BCUT2D eigenvalue weighted by Gasteiger charge is 2.47. The molecule has 1 amide bonds. The number of carbonyl (C=O) groups is 2. The van der Waals surface area contributed by atoms with Crippen molar-refractivity contribution in [3.63, 3.8) is 0 Å². The summed E-state index contributed by atoms with van der Waals surface area (Å²) >= 11 is 0. The maximum Gasteiger partial charge on any atom is 0.300 e. The van der Waals surface area contributed by atoms with Gasteiger partial charge in [-0.2, -0.15) is 0 Å². The molecule has 0 radical (unpaired) electrons. The number of amides is 1. The summed E-state index contributed by atoms with van der Waals surface area (Å²) in [4.78, 5) is 27.6. The molecule has 0 bridgehead atoms. The Morgan fingerprint density at radius 3 is 2.39 bits per heavy atom. The Morgan fingerprint density at radius 1 is 0.944 bits per heavy atom. The number of benzene rings is 3. The van der Waals surface area contributed by atoms with E-state index in [4.69, 9.17) is 14.2 Å². The highest BCUT2D eigenvalue weighted by molar-refractivity contribution is 6.51. The summed E-state index contributed by atoms with van der Waals surface area (Å²) in [7, 11) is 2.83. The van der Waals surface area contributed by atoms with Crippen LogP contribution in [0.25, 0.3) is 5.76 Å². The quantitative estimate of drug-likeness (QED) is 0.282. The Hall–Kier alpha value is -4.40. The third-order valence-corrected chi connectivity index (χ3v) is 5.77. The smallest absolute Gasteiger partial charge is 0.300 e. The zero-order valence-electron chi connectivity index (χ0n) is 19.7. The van der Waals surface area contributed by atoms with Crippen molar-refractivity contribution in [3.8, 4) is 17.2 Å². The summed E-state index contributed by atoms with van der Waals surface area (Å²) in [5.41, 5.74) is 0.212. The molecular weight excluding hydrogens is 472 g/mol. The number of carbonyl (C=O) groups excluding carboxylic acids is 2. The van der Waals surface area contributed by atoms with Gasteiger partial charge in [0.15, 0.2) is 11.6 Å². The van der Waals surface area contributed by atoms with E-state index in [-0.39, 0.29) is 22.6 Å². The third kappa shape index (κ3) is 4.35. The normalized spacial score (nSPS) is 16.8. The van der Waals surface area contributed by atoms with Gasteiger partial charge in [-0.25, -0.2) is 8.78 Å². The van der Waals surface area contributed by atoms with Crippen molar-refractivity contribution in [3.05, 3.63) is 89.0 Å². The van der Waals surface area contributed by atoms with Crippen molar-refractivity contribution < 1.29 is 37.7 Å². The number of halogens is 2. The van der Waals surface area contributed by atoms with Crippen LogP contribution in [0.5, 0.6) is 17.2 Å². The van der Waals surface area contributed by atoms with E-state index in [1.165, 1.54) is 26.4 Å². The summed E-state index contributed by atoms with van der Waals surface area (Å²) < 4.78 is 44.0. The molecule has 7 nitrogen and oxygen atoms in total. The Morgan fingerprint density at radius 2 is 1.72 bits per heavy atom. The molecule has 1 atom stereocenters. The molecule has 1 N–H and O–H groups in total. The first-order chi connectivity index (χ1) is 17.3. The standard InChI is InChI=1S/C27H23F2NO6/c1-4-36-18-7-5-6-15(12-18)24-23(25(31)19-14-17(34-2)9-11-22(19)35-3)26(32)27(33)30(24)16-8-10-20(28)21(29)13-16/h5-14,24,31H,4H2,1-3H3/b25-23+. The minimum absolute atomic E-state index is 0.0560. The van der Waals surface area contributed by atoms with Crippen molar-refractivity contribution in [2.24, 2.45) is 0 Å². The second kappa shape index (κ2) is 10.1. The largest absolute Gasteiger partial charge is 0.507 e. The van der Waals surface area contributed by atoms with E-state index in [0.29, 0.717) is 23.7 Å². The predicted octanol–water partition coefficient (Wildman–Crippen LogP) is 5.01. The van der Waals surface area contributed by atoms with E-state index < -0.39 is 35.1 Å². The molecule has 3 aromatic rings. The summed E-state index contributed by atoms with van der Waals surface area (Å²) in [6.07, 6.45) is 0. The maximum atomic E-state index is 14.1. The molecule has 1 aliphatic heterocycles. The number of ether oxygens (including phenoxy) is 3. The second-order valence-electron chi connectivity index (χ2n) is 7.84. The fourth-order valence-electron chi connectivity index (χ4n) is 4.13. The predicted molar refractivity (Wildman–Crippen MR) is 128 cm³/mol. The molecule has 0 aliphatic carbocycles. The van der Waals surface area contributed by atoms with Gasteiger partial charge in [0.1, 0.15) is 23.0 Å². The minimum atomic E-state index is -1.19. The topological polar surface area (TPSA) is 85.3 Å². The molecule has 1 fully saturated rings. The van der Waals surface area contributed by atoms with Gasteiger partial charge in [0.25, 0.3) is 11.7 Å². The van der Waals surface area contributed by atoms with Crippen LogP contribution in [0.15, 0.2) is 66.2 Å².